The molecule has 1 aliphatic rings. The highest BCUT2D eigenvalue weighted by Crippen LogP contribution is 2.21. The van der Waals surface area contributed by atoms with Crippen LogP contribution in [-0.4, -0.2) is 12.3 Å². The van der Waals surface area contributed by atoms with Gasteiger partial charge in [-0.15, -0.1) is 0 Å². The molecule has 4 heteroatoms. The number of halogens is 2. The van der Waals surface area contributed by atoms with E-state index in [9.17, 15) is 9.18 Å². The van der Waals surface area contributed by atoms with Crippen LogP contribution in [0.5, 0.6) is 0 Å². The Kier molecular flexibility index (Phi) is 4.17. The molecule has 3 rings (SSSR count). The number of hydrogen-bond donors (Lipinski definition) is 1. The number of nitrogens with one attached hydrogen (secondary N) is 1. The highest BCUT2D eigenvalue weighted by molar-refractivity contribution is 9.10. The highest BCUT2D eigenvalue weighted by atomic mass is 79.9. The van der Waals surface area contributed by atoms with Gasteiger partial charge in [0, 0.05) is 23.0 Å². The molecule has 0 aromatic heterocycles. The first-order valence-corrected chi connectivity index (χ1v) is 7.72. The fourth-order valence-electron chi connectivity index (χ4n) is 2.61. The van der Waals surface area contributed by atoms with Crippen LogP contribution in [0.3, 0.4) is 0 Å². The molecule has 0 radical (unpaired) electrons. The molecule has 0 amide bonds. The van der Waals surface area contributed by atoms with E-state index in [4.69, 9.17) is 0 Å². The molecule has 1 N–H and O–H groups in total. The molecule has 0 aliphatic carbocycles. The summed E-state index contributed by atoms with van der Waals surface area (Å²) in [5.74, 6) is -0.315. The van der Waals surface area contributed by atoms with E-state index in [0.29, 0.717) is 11.1 Å². The van der Waals surface area contributed by atoms with Gasteiger partial charge in [-0.2, -0.15) is 0 Å². The van der Waals surface area contributed by atoms with Crippen molar-refractivity contribution >= 4 is 21.7 Å². The molecule has 2 aromatic carbocycles. The molecule has 0 unspecified atom stereocenters. The van der Waals surface area contributed by atoms with Crippen molar-refractivity contribution in [2.45, 2.75) is 19.4 Å². The quantitative estimate of drug-likeness (QED) is 0.858. The molecule has 0 fully saturated rings. The molecule has 0 saturated heterocycles. The van der Waals surface area contributed by atoms with Gasteiger partial charge in [-0.1, -0.05) is 28.1 Å². The number of hydrogen-bond acceptors (Lipinski definition) is 2. The Morgan fingerprint density at radius 3 is 2.90 bits per heavy atom. The highest BCUT2D eigenvalue weighted by Gasteiger charge is 2.14. The Balaban J connectivity index is 1.83. The Hall–Kier alpha value is -1.52. The van der Waals surface area contributed by atoms with E-state index in [1.54, 1.807) is 6.07 Å². The summed E-state index contributed by atoms with van der Waals surface area (Å²) in [6.07, 6.45) is 1.20. The average Bonchev–Trinajstić information content (AvgIpc) is 2.50. The third-order valence-electron chi connectivity index (χ3n) is 3.77. The summed E-state index contributed by atoms with van der Waals surface area (Å²) in [5, 5.41) is 3.30. The fraction of sp³-hybridized carbons (Fsp3) is 0.235. The zero-order valence-corrected chi connectivity index (χ0v) is 13.0. The molecule has 0 spiro atoms. The maximum Gasteiger partial charge on any atom is 0.167 e. The molecule has 0 atom stereocenters. The number of fused-ring (bicyclic) bond motifs is 1. The monoisotopic (exact) mass is 347 g/mol. The summed E-state index contributed by atoms with van der Waals surface area (Å²) in [6.45, 7) is 1.79. The van der Waals surface area contributed by atoms with Gasteiger partial charge in [0.15, 0.2) is 5.78 Å². The number of benzene rings is 2. The van der Waals surface area contributed by atoms with Gasteiger partial charge in [-0.05, 0) is 53.9 Å². The minimum Gasteiger partial charge on any atom is -0.312 e. The van der Waals surface area contributed by atoms with E-state index < -0.39 is 0 Å². The number of rotatable bonds is 3. The third-order valence-corrected chi connectivity index (χ3v) is 4.55. The van der Waals surface area contributed by atoms with Gasteiger partial charge in [-0.3, -0.25) is 4.79 Å². The SMILES string of the molecule is O=C(Cc1cc(F)ccc1Br)c1ccc2c(c1)CNCC2. The van der Waals surface area contributed by atoms with Crippen LogP contribution in [0.2, 0.25) is 0 Å². The van der Waals surface area contributed by atoms with Crippen molar-refractivity contribution in [2.75, 3.05) is 6.54 Å². The summed E-state index contributed by atoms with van der Waals surface area (Å²) in [5.41, 5.74) is 3.85. The number of Topliss-reactive ketones (excluding diaryl/α,β-unsaturated/α-hetero) is 1. The van der Waals surface area contributed by atoms with Crippen LogP contribution >= 0.6 is 15.9 Å². The van der Waals surface area contributed by atoms with Crippen LogP contribution in [0.15, 0.2) is 40.9 Å². The second-order valence-electron chi connectivity index (χ2n) is 5.25. The molecule has 21 heavy (non-hydrogen) atoms. The summed E-state index contributed by atoms with van der Waals surface area (Å²) in [7, 11) is 0. The van der Waals surface area contributed by atoms with Crippen LogP contribution in [-0.2, 0) is 19.4 Å². The van der Waals surface area contributed by atoms with Crippen molar-refractivity contribution in [3.63, 3.8) is 0 Å². The number of carbonyl (C=O) groups excluding carboxylic acids is 1. The van der Waals surface area contributed by atoms with Gasteiger partial charge in [0.05, 0.1) is 0 Å². The van der Waals surface area contributed by atoms with E-state index in [0.717, 1.165) is 24.0 Å². The molecule has 2 nitrogen and oxygen atoms in total. The molecule has 108 valence electrons. The zero-order valence-electron chi connectivity index (χ0n) is 11.5. The predicted molar refractivity (Wildman–Crippen MR) is 84.0 cm³/mol. The van der Waals surface area contributed by atoms with Gasteiger partial charge in [0.2, 0.25) is 0 Å². The Morgan fingerprint density at radius 2 is 2.05 bits per heavy atom. The lowest BCUT2D eigenvalue weighted by molar-refractivity contribution is 0.0992. The lowest BCUT2D eigenvalue weighted by Crippen LogP contribution is -2.24. The summed E-state index contributed by atoms with van der Waals surface area (Å²) >= 11 is 3.36. The first-order valence-electron chi connectivity index (χ1n) is 6.93. The largest absolute Gasteiger partial charge is 0.312 e. The smallest absolute Gasteiger partial charge is 0.167 e. The van der Waals surface area contributed by atoms with Gasteiger partial charge >= 0.3 is 0 Å². The van der Waals surface area contributed by atoms with E-state index >= 15 is 0 Å². The predicted octanol–water partition coefficient (Wildman–Crippen LogP) is 3.66. The Labute approximate surface area is 131 Å². The number of carbonyl (C=O) groups is 1. The molecule has 0 bridgehead atoms. The van der Waals surface area contributed by atoms with Crippen molar-refractivity contribution in [2.24, 2.45) is 0 Å². The fourth-order valence-corrected chi connectivity index (χ4v) is 2.99. The molecule has 2 aromatic rings. The van der Waals surface area contributed by atoms with Crippen LogP contribution in [0.4, 0.5) is 4.39 Å². The minimum atomic E-state index is -0.323. The topological polar surface area (TPSA) is 29.1 Å². The third kappa shape index (κ3) is 3.22. The van der Waals surface area contributed by atoms with Crippen molar-refractivity contribution in [1.82, 2.24) is 5.32 Å². The normalized spacial score (nSPS) is 13.8. The second-order valence-corrected chi connectivity index (χ2v) is 6.10. The van der Waals surface area contributed by atoms with Crippen molar-refractivity contribution in [3.05, 3.63) is 68.9 Å². The summed E-state index contributed by atoms with van der Waals surface area (Å²) < 4.78 is 14.0. The van der Waals surface area contributed by atoms with E-state index in [1.807, 2.05) is 18.2 Å². The zero-order chi connectivity index (χ0) is 14.8. The van der Waals surface area contributed by atoms with Crippen LogP contribution in [0.1, 0.15) is 27.0 Å². The van der Waals surface area contributed by atoms with Gasteiger partial charge in [-0.25, -0.2) is 4.39 Å². The summed E-state index contributed by atoms with van der Waals surface area (Å²) in [6, 6.07) is 10.3. The molecular weight excluding hydrogens is 333 g/mol. The second kappa shape index (κ2) is 6.08. The van der Waals surface area contributed by atoms with Gasteiger partial charge in [0.1, 0.15) is 5.82 Å². The van der Waals surface area contributed by atoms with E-state index in [1.165, 1.54) is 23.3 Å². The van der Waals surface area contributed by atoms with Crippen LogP contribution in [0.25, 0.3) is 0 Å². The van der Waals surface area contributed by atoms with Crippen LogP contribution < -0.4 is 5.32 Å². The minimum absolute atomic E-state index is 0.00896. The van der Waals surface area contributed by atoms with Crippen molar-refractivity contribution in [1.29, 1.82) is 0 Å². The molecular formula is C17H15BrFNO. The average molecular weight is 348 g/mol. The van der Waals surface area contributed by atoms with E-state index in [-0.39, 0.29) is 18.0 Å². The number of ketones is 1. The maximum absolute atomic E-state index is 13.3. The summed E-state index contributed by atoms with van der Waals surface area (Å²) in [4.78, 5) is 12.4. The molecule has 1 aliphatic heterocycles. The molecule has 1 heterocycles. The molecule has 0 saturated carbocycles. The maximum atomic E-state index is 13.3. The van der Waals surface area contributed by atoms with Crippen molar-refractivity contribution < 1.29 is 9.18 Å². The lowest BCUT2D eigenvalue weighted by Gasteiger charge is -2.17. The van der Waals surface area contributed by atoms with Crippen molar-refractivity contribution in [3.8, 4) is 0 Å². The standard InChI is InChI=1S/C17H15BrFNO/c18-16-4-3-15(19)8-13(16)9-17(21)12-2-1-11-5-6-20-10-14(11)7-12/h1-4,7-8,20H,5-6,9-10H2. The van der Waals surface area contributed by atoms with Crippen LogP contribution in [0, 0.1) is 5.82 Å². The first-order chi connectivity index (χ1) is 10.1. The lowest BCUT2D eigenvalue weighted by atomic mass is 9.95. The van der Waals surface area contributed by atoms with Gasteiger partial charge < -0.3 is 5.32 Å². The first kappa shape index (κ1) is 14.4. The Morgan fingerprint density at radius 1 is 1.19 bits per heavy atom. The van der Waals surface area contributed by atoms with Gasteiger partial charge in [0.25, 0.3) is 0 Å². The van der Waals surface area contributed by atoms with E-state index in [2.05, 4.69) is 21.2 Å². The Bertz CT molecular complexity index is 699.